The van der Waals surface area contributed by atoms with Gasteiger partial charge in [0.1, 0.15) is 10.8 Å². The van der Waals surface area contributed by atoms with Gasteiger partial charge in [-0.05, 0) is 72.6 Å². The molecule has 0 atom stereocenters. The van der Waals surface area contributed by atoms with Gasteiger partial charge in [-0.25, -0.2) is 4.39 Å². The summed E-state index contributed by atoms with van der Waals surface area (Å²) in [7, 11) is 0. The minimum atomic E-state index is -0.213. The summed E-state index contributed by atoms with van der Waals surface area (Å²) in [4.78, 5) is 16.9. The van der Waals surface area contributed by atoms with E-state index in [-0.39, 0.29) is 11.7 Å². The lowest BCUT2D eigenvalue weighted by Gasteiger charge is -2.31. The van der Waals surface area contributed by atoms with Crippen LogP contribution in [0, 0.1) is 5.82 Å². The minimum Gasteiger partial charge on any atom is -0.339 e. The first kappa shape index (κ1) is 18.1. The monoisotopic (exact) mass is 419 g/mol. The molecule has 1 amide bonds. The number of halogens is 1. The van der Waals surface area contributed by atoms with Crippen molar-refractivity contribution < 1.29 is 9.18 Å². The number of fused-ring (bicyclic) bond motifs is 2. The maximum Gasteiger partial charge on any atom is 0.253 e. The molecule has 1 aliphatic carbocycles. The van der Waals surface area contributed by atoms with Crippen LogP contribution in [-0.2, 0) is 6.42 Å². The lowest BCUT2D eigenvalue weighted by molar-refractivity contribution is 0.0793. The first-order chi connectivity index (χ1) is 14.7. The third kappa shape index (κ3) is 2.93. The number of hydrogen-bond donors (Lipinski definition) is 0. The molecule has 3 aromatic rings. The van der Waals surface area contributed by atoms with Gasteiger partial charge < -0.3 is 9.80 Å². The predicted octanol–water partition coefficient (Wildman–Crippen LogP) is 5.39. The Morgan fingerprint density at radius 2 is 1.83 bits per heavy atom. The Hall–Kier alpha value is -2.73. The van der Waals surface area contributed by atoms with Crippen LogP contribution >= 0.6 is 11.5 Å². The third-order valence-electron chi connectivity index (χ3n) is 6.40. The molecule has 4 nitrogen and oxygen atoms in total. The van der Waals surface area contributed by atoms with E-state index in [2.05, 4.69) is 9.27 Å². The highest BCUT2D eigenvalue weighted by Gasteiger charge is 2.37. The molecule has 0 N–H and O–H groups in total. The molecule has 6 rings (SSSR count). The van der Waals surface area contributed by atoms with Crippen molar-refractivity contribution in [1.82, 2.24) is 9.27 Å². The molecule has 0 spiro atoms. The number of likely N-dealkylation sites (tertiary alicyclic amines) is 1. The quantitative estimate of drug-likeness (QED) is 0.571. The Balaban J connectivity index is 1.36. The first-order valence-electron chi connectivity index (χ1n) is 10.6. The molecule has 30 heavy (non-hydrogen) atoms. The van der Waals surface area contributed by atoms with E-state index in [0.717, 1.165) is 62.0 Å². The highest BCUT2D eigenvalue weighted by atomic mass is 32.1. The predicted molar refractivity (Wildman–Crippen MR) is 117 cm³/mol. The molecule has 0 radical (unpaired) electrons. The highest BCUT2D eigenvalue weighted by Crippen LogP contribution is 2.48. The summed E-state index contributed by atoms with van der Waals surface area (Å²) in [6.07, 6.45) is 7.12. The van der Waals surface area contributed by atoms with E-state index in [1.165, 1.54) is 22.1 Å². The van der Waals surface area contributed by atoms with Crippen LogP contribution in [-0.4, -0.2) is 34.3 Å². The van der Waals surface area contributed by atoms with E-state index in [1.807, 2.05) is 41.4 Å². The maximum absolute atomic E-state index is 15.1. The summed E-state index contributed by atoms with van der Waals surface area (Å²) in [5, 5.41) is 1.20. The fourth-order valence-corrected chi connectivity index (χ4v) is 5.53. The molecule has 2 fully saturated rings. The van der Waals surface area contributed by atoms with E-state index in [4.69, 9.17) is 0 Å². The molecular weight excluding hydrogens is 397 g/mol. The molecular formula is C24H22FN3OS. The molecule has 3 heterocycles. The van der Waals surface area contributed by atoms with Crippen molar-refractivity contribution in [2.24, 2.45) is 0 Å². The topological polar surface area (TPSA) is 36.4 Å². The SMILES string of the molecule is O=C(c1ccc(-c2cc3c(cc2F)Cc2cnsc2N3C2CC2)cc1)N1CCCC1. The number of amides is 1. The van der Waals surface area contributed by atoms with Crippen LogP contribution in [0.25, 0.3) is 11.1 Å². The summed E-state index contributed by atoms with van der Waals surface area (Å²) < 4.78 is 19.5. The zero-order chi connectivity index (χ0) is 20.2. The Bertz CT molecular complexity index is 1130. The zero-order valence-electron chi connectivity index (χ0n) is 16.6. The average Bonchev–Trinajstić information content (AvgIpc) is 3.24. The van der Waals surface area contributed by atoms with Gasteiger partial charge in [0.25, 0.3) is 5.91 Å². The number of carbonyl (C=O) groups excluding carboxylic acids is 1. The summed E-state index contributed by atoms with van der Waals surface area (Å²) in [5.74, 6) is -0.141. The number of nitrogens with zero attached hydrogens (tertiary/aromatic N) is 3. The van der Waals surface area contributed by atoms with Crippen molar-refractivity contribution in [3.8, 4) is 11.1 Å². The van der Waals surface area contributed by atoms with Gasteiger partial charge in [-0.15, -0.1) is 0 Å². The Kier molecular flexibility index (Phi) is 4.16. The van der Waals surface area contributed by atoms with Crippen LogP contribution in [0.2, 0.25) is 0 Å². The fourth-order valence-electron chi connectivity index (χ4n) is 4.67. The Morgan fingerprint density at radius 1 is 1.07 bits per heavy atom. The third-order valence-corrected chi connectivity index (χ3v) is 7.24. The fraction of sp³-hybridized carbons (Fsp3) is 0.333. The standard InChI is InChI=1S/C24H22FN3OS/c25-21-12-17-11-18-14-26-30-24(18)28(19-7-8-19)22(17)13-20(21)15-3-5-16(6-4-15)23(29)27-9-1-2-10-27/h3-6,12-14,19H,1-2,7-11H2. The first-order valence-corrected chi connectivity index (χ1v) is 11.4. The zero-order valence-corrected chi connectivity index (χ0v) is 17.4. The van der Waals surface area contributed by atoms with Crippen LogP contribution < -0.4 is 4.90 Å². The minimum absolute atomic E-state index is 0.0718. The molecule has 0 unspecified atom stereocenters. The van der Waals surface area contributed by atoms with Gasteiger partial charge in [0.15, 0.2) is 0 Å². The van der Waals surface area contributed by atoms with E-state index in [9.17, 15) is 4.79 Å². The van der Waals surface area contributed by atoms with Crippen LogP contribution in [0.3, 0.4) is 0 Å². The van der Waals surface area contributed by atoms with Crippen molar-refractivity contribution in [2.75, 3.05) is 18.0 Å². The van der Waals surface area contributed by atoms with Crippen molar-refractivity contribution in [2.45, 2.75) is 38.1 Å². The van der Waals surface area contributed by atoms with Gasteiger partial charge >= 0.3 is 0 Å². The number of anilines is 2. The molecule has 152 valence electrons. The Labute approximate surface area is 179 Å². The molecule has 1 saturated heterocycles. The summed E-state index contributed by atoms with van der Waals surface area (Å²) in [6, 6.07) is 11.6. The maximum atomic E-state index is 15.1. The number of aromatic nitrogens is 1. The van der Waals surface area contributed by atoms with Gasteiger partial charge in [0.2, 0.25) is 0 Å². The molecule has 0 bridgehead atoms. The summed E-state index contributed by atoms with van der Waals surface area (Å²) in [6.45, 7) is 1.66. The largest absolute Gasteiger partial charge is 0.339 e. The summed E-state index contributed by atoms with van der Waals surface area (Å²) >= 11 is 1.53. The molecule has 2 aromatic carbocycles. The van der Waals surface area contributed by atoms with E-state index in [1.54, 1.807) is 6.07 Å². The van der Waals surface area contributed by atoms with Crippen LogP contribution in [0.1, 0.15) is 47.2 Å². The second kappa shape index (κ2) is 6.91. The van der Waals surface area contributed by atoms with Gasteiger partial charge in [-0.2, -0.15) is 4.37 Å². The lowest BCUT2D eigenvalue weighted by Crippen LogP contribution is -2.27. The molecule has 1 aromatic heterocycles. The summed E-state index contributed by atoms with van der Waals surface area (Å²) in [5.41, 5.74) is 5.38. The van der Waals surface area contributed by atoms with Crippen molar-refractivity contribution >= 4 is 28.1 Å². The Morgan fingerprint density at radius 3 is 2.57 bits per heavy atom. The van der Waals surface area contributed by atoms with Gasteiger partial charge in [0.05, 0.1) is 0 Å². The second-order valence-corrected chi connectivity index (χ2v) is 9.25. The molecule has 2 aliphatic heterocycles. The van der Waals surface area contributed by atoms with Crippen LogP contribution in [0.5, 0.6) is 0 Å². The van der Waals surface area contributed by atoms with Crippen molar-refractivity contribution in [3.63, 3.8) is 0 Å². The number of benzene rings is 2. The molecule has 3 aliphatic rings. The van der Waals surface area contributed by atoms with Gasteiger partial charge in [-0.1, -0.05) is 12.1 Å². The molecule has 1 saturated carbocycles. The smallest absolute Gasteiger partial charge is 0.253 e. The highest BCUT2D eigenvalue weighted by molar-refractivity contribution is 7.10. The molecule has 6 heteroatoms. The van der Waals surface area contributed by atoms with Crippen LogP contribution in [0.4, 0.5) is 15.1 Å². The van der Waals surface area contributed by atoms with Crippen molar-refractivity contribution in [1.29, 1.82) is 0 Å². The van der Waals surface area contributed by atoms with E-state index >= 15 is 4.39 Å². The average molecular weight is 420 g/mol. The van der Waals surface area contributed by atoms with Gasteiger partial charge in [-0.3, -0.25) is 4.79 Å². The van der Waals surface area contributed by atoms with Crippen LogP contribution in [0.15, 0.2) is 42.6 Å². The lowest BCUT2D eigenvalue weighted by atomic mass is 9.95. The van der Waals surface area contributed by atoms with Gasteiger partial charge in [0, 0.05) is 54.1 Å². The number of hydrogen-bond acceptors (Lipinski definition) is 4. The van der Waals surface area contributed by atoms with E-state index in [0.29, 0.717) is 17.2 Å². The second-order valence-electron chi connectivity index (χ2n) is 8.47. The number of rotatable bonds is 3. The van der Waals surface area contributed by atoms with E-state index < -0.39 is 0 Å². The number of carbonyl (C=O) groups is 1. The van der Waals surface area contributed by atoms with Crippen molar-refractivity contribution in [3.05, 3.63) is 65.1 Å². The normalized spacial score (nSPS) is 17.8.